The number of rotatable bonds is 6. The monoisotopic (exact) mass is 464 g/mol. The molecular formula is C24H24F4N2O3. The predicted octanol–water partition coefficient (Wildman–Crippen LogP) is 4.09. The highest BCUT2D eigenvalue weighted by Gasteiger charge is 2.53. The molecule has 2 aromatic carbocycles. The second-order valence-corrected chi connectivity index (χ2v) is 8.83. The summed E-state index contributed by atoms with van der Waals surface area (Å²) in [5.74, 6) is -2.64. The largest absolute Gasteiger partial charge is 0.435 e. The summed E-state index contributed by atoms with van der Waals surface area (Å²) >= 11 is 0. The number of ether oxygens (including phenoxy) is 2. The minimum atomic E-state index is -2.93. The number of nitrogens with one attached hydrogen (secondary N) is 1. The lowest BCUT2D eigenvalue weighted by atomic mass is 9.75. The van der Waals surface area contributed by atoms with Crippen molar-refractivity contribution in [1.82, 2.24) is 10.2 Å². The van der Waals surface area contributed by atoms with Gasteiger partial charge < -0.3 is 19.7 Å². The topological polar surface area (TPSA) is 50.8 Å². The van der Waals surface area contributed by atoms with Gasteiger partial charge in [0.05, 0.1) is 12.5 Å². The molecule has 2 fully saturated rings. The molecule has 9 heteroatoms. The van der Waals surface area contributed by atoms with E-state index >= 15 is 0 Å². The van der Waals surface area contributed by atoms with Crippen LogP contribution >= 0.6 is 0 Å². The molecule has 2 aromatic rings. The van der Waals surface area contributed by atoms with Crippen molar-refractivity contribution in [2.75, 3.05) is 13.1 Å². The number of carbonyl (C=O) groups excluding carboxylic acids is 1. The van der Waals surface area contributed by atoms with Crippen molar-refractivity contribution >= 4 is 5.91 Å². The number of carbonyl (C=O) groups is 1. The summed E-state index contributed by atoms with van der Waals surface area (Å²) in [6, 6.07) is 8.67. The van der Waals surface area contributed by atoms with Gasteiger partial charge in [0, 0.05) is 19.1 Å². The molecule has 1 amide bonds. The van der Waals surface area contributed by atoms with E-state index in [9.17, 15) is 22.4 Å². The molecule has 2 aliphatic heterocycles. The van der Waals surface area contributed by atoms with E-state index in [4.69, 9.17) is 4.74 Å². The Bertz CT molecular complexity index is 1060. The van der Waals surface area contributed by atoms with E-state index in [2.05, 4.69) is 10.1 Å². The highest BCUT2D eigenvalue weighted by molar-refractivity contribution is 5.82. The fraction of sp³-hybridized carbons (Fsp3) is 0.458. The SMILES string of the molecule is O=C([C@H]1CNCCC12OCc1cc(F)c(F)cc12)N(Cc1cccc(OC(F)F)c1)C1CC1. The van der Waals surface area contributed by atoms with Crippen molar-refractivity contribution in [1.29, 1.82) is 0 Å². The van der Waals surface area contributed by atoms with E-state index in [0.29, 0.717) is 36.2 Å². The average Bonchev–Trinajstić information content (AvgIpc) is 3.58. The van der Waals surface area contributed by atoms with Gasteiger partial charge in [0.15, 0.2) is 11.6 Å². The van der Waals surface area contributed by atoms with Gasteiger partial charge in [0.25, 0.3) is 0 Å². The first kappa shape index (κ1) is 22.2. The molecule has 33 heavy (non-hydrogen) atoms. The highest BCUT2D eigenvalue weighted by Crippen LogP contribution is 2.48. The van der Waals surface area contributed by atoms with E-state index in [1.54, 1.807) is 17.0 Å². The Kier molecular flexibility index (Phi) is 5.78. The van der Waals surface area contributed by atoms with E-state index in [1.165, 1.54) is 12.1 Å². The fourth-order valence-electron chi connectivity index (χ4n) is 5.02. The van der Waals surface area contributed by atoms with Crippen LogP contribution in [0.5, 0.6) is 5.75 Å². The first-order valence-electron chi connectivity index (χ1n) is 11.0. The van der Waals surface area contributed by atoms with Crippen LogP contribution in [0.2, 0.25) is 0 Å². The molecule has 5 nitrogen and oxygen atoms in total. The zero-order valence-electron chi connectivity index (χ0n) is 17.8. The molecule has 0 radical (unpaired) electrons. The third-order valence-electron chi connectivity index (χ3n) is 6.72. The van der Waals surface area contributed by atoms with Crippen LogP contribution < -0.4 is 10.1 Å². The second kappa shape index (κ2) is 8.61. The Morgan fingerprint density at radius 1 is 1.21 bits per heavy atom. The minimum Gasteiger partial charge on any atom is -0.435 e. The summed E-state index contributed by atoms with van der Waals surface area (Å²) < 4.78 is 63.8. The van der Waals surface area contributed by atoms with E-state index in [0.717, 1.165) is 25.0 Å². The van der Waals surface area contributed by atoms with Crippen LogP contribution in [-0.2, 0) is 28.3 Å². The number of alkyl halides is 2. The van der Waals surface area contributed by atoms with E-state index < -0.39 is 29.8 Å². The summed E-state index contributed by atoms with van der Waals surface area (Å²) in [6.45, 7) is -1.65. The fourth-order valence-corrected chi connectivity index (χ4v) is 5.02. The Morgan fingerprint density at radius 2 is 2.00 bits per heavy atom. The van der Waals surface area contributed by atoms with Crippen LogP contribution in [0.1, 0.15) is 36.0 Å². The van der Waals surface area contributed by atoms with E-state index in [-0.39, 0.29) is 30.9 Å². The first-order chi connectivity index (χ1) is 15.9. The van der Waals surface area contributed by atoms with Crippen LogP contribution in [-0.4, -0.2) is 36.5 Å². The van der Waals surface area contributed by atoms with Gasteiger partial charge in [-0.3, -0.25) is 4.79 Å². The summed E-state index contributed by atoms with van der Waals surface area (Å²) in [6.07, 6.45) is 2.16. The number of benzene rings is 2. The van der Waals surface area contributed by atoms with Gasteiger partial charge in [-0.25, -0.2) is 8.78 Å². The maximum Gasteiger partial charge on any atom is 0.387 e. The molecule has 0 bridgehead atoms. The summed E-state index contributed by atoms with van der Waals surface area (Å²) in [7, 11) is 0. The van der Waals surface area contributed by atoms with Crippen molar-refractivity contribution in [3.63, 3.8) is 0 Å². The smallest absolute Gasteiger partial charge is 0.387 e. The van der Waals surface area contributed by atoms with Crippen LogP contribution in [0.15, 0.2) is 36.4 Å². The van der Waals surface area contributed by atoms with Crippen molar-refractivity contribution < 1.29 is 31.8 Å². The minimum absolute atomic E-state index is 0.0343. The molecule has 2 atom stereocenters. The lowest BCUT2D eigenvalue weighted by molar-refractivity contribution is -0.157. The predicted molar refractivity (Wildman–Crippen MR) is 110 cm³/mol. The summed E-state index contributed by atoms with van der Waals surface area (Å²) in [4.78, 5) is 15.6. The van der Waals surface area contributed by atoms with Crippen LogP contribution in [0.25, 0.3) is 0 Å². The second-order valence-electron chi connectivity index (χ2n) is 8.83. The average molecular weight is 464 g/mol. The number of hydrogen-bond acceptors (Lipinski definition) is 4. The number of fused-ring (bicyclic) bond motifs is 2. The zero-order valence-corrected chi connectivity index (χ0v) is 17.8. The molecule has 2 heterocycles. The maximum absolute atomic E-state index is 14.1. The van der Waals surface area contributed by atoms with Crippen LogP contribution in [0.4, 0.5) is 17.6 Å². The van der Waals surface area contributed by atoms with Gasteiger partial charge in [0.2, 0.25) is 5.91 Å². The third kappa shape index (κ3) is 4.19. The normalized spacial score (nSPS) is 24.2. The third-order valence-corrected chi connectivity index (χ3v) is 6.72. The van der Waals surface area contributed by atoms with Gasteiger partial charge >= 0.3 is 6.61 Å². The molecule has 5 rings (SSSR count). The number of halogens is 4. The first-order valence-corrected chi connectivity index (χ1v) is 11.0. The molecule has 176 valence electrons. The quantitative estimate of drug-likeness (QED) is 0.655. The standard InChI is InChI=1S/C24H24F4N2O3/c25-20-9-15-13-32-24(18(15)10-21(20)26)6-7-29-11-19(24)22(31)30(16-4-5-16)12-14-2-1-3-17(8-14)33-23(27)28/h1-3,8-10,16,19,23,29H,4-7,11-13H2/t19-,24?/m1/s1. The van der Waals surface area contributed by atoms with Gasteiger partial charge in [0.1, 0.15) is 11.4 Å². The van der Waals surface area contributed by atoms with Gasteiger partial charge in [-0.2, -0.15) is 8.78 Å². The summed E-state index contributed by atoms with van der Waals surface area (Å²) in [5, 5.41) is 3.23. The molecule has 1 aliphatic carbocycles. The Morgan fingerprint density at radius 3 is 2.76 bits per heavy atom. The molecule has 0 aromatic heterocycles. The van der Waals surface area contributed by atoms with Crippen molar-refractivity contribution in [2.24, 2.45) is 5.92 Å². The van der Waals surface area contributed by atoms with Crippen LogP contribution in [0, 0.1) is 17.6 Å². The number of piperidine rings is 1. The maximum atomic E-state index is 14.1. The number of hydrogen-bond donors (Lipinski definition) is 1. The molecule has 1 N–H and O–H groups in total. The van der Waals surface area contributed by atoms with Crippen molar-refractivity contribution in [3.8, 4) is 5.75 Å². The van der Waals surface area contributed by atoms with Crippen LogP contribution in [0.3, 0.4) is 0 Å². The molecule has 3 aliphatic rings. The van der Waals surface area contributed by atoms with Crippen molar-refractivity contribution in [2.45, 2.75) is 50.7 Å². The number of nitrogens with zero attached hydrogens (tertiary/aromatic N) is 1. The Balaban J connectivity index is 1.44. The van der Waals surface area contributed by atoms with Crippen molar-refractivity contribution in [3.05, 3.63) is 64.7 Å². The molecular weight excluding hydrogens is 440 g/mol. The lowest BCUT2D eigenvalue weighted by Crippen LogP contribution is -2.55. The Labute approximate surface area is 188 Å². The summed E-state index contributed by atoms with van der Waals surface area (Å²) in [5.41, 5.74) is 0.736. The number of amides is 1. The molecule has 1 saturated carbocycles. The Hall–Kier alpha value is -2.65. The van der Waals surface area contributed by atoms with Gasteiger partial charge in [-0.15, -0.1) is 0 Å². The molecule has 1 saturated heterocycles. The van der Waals surface area contributed by atoms with E-state index in [1.807, 2.05) is 0 Å². The zero-order chi connectivity index (χ0) is 23.2. The highest BCUT2D eigenvalue weighted by atomic mass is 19.3. The molecule has 1 unspecified atom stereocenters. The lowest BCUT2D eigenvalue weighted by Gasteiger charge is -2.42. The van der Waals surface area contributed by atoms with Gasteiger partial charge in [-0.1, -0.05) is 12.1 Å². The molecule has 1 spiro atoms. The van der Waals surface area contributed by atoms with Gasteiger partial charge in [-0.05, 0) is 66.8 Å².